The highest BCUT2D eigenvalue weighted by Crippen LogP contribution is 2.32. The molecule has 0 aliphatic heterocycles. The van der Waals surface area contributed by atoms with E-state index in [0.29, 0.717) is 11.7 Å². The maximum atomic E-state index is 11.2. The van der Waals surface area contributed by atoms with Gasteiger partial charge in [-0.15, -0.1) is 0 Å². The molecule has 0 aliphatic carbocycles. The van der Waals surface area contributed by atoms with Crippen molar-refractivity contribution in [1.82, 2.24) is 0 Å². The summed E-state index contributed by atoms with van der Waals surface area (Å²) < 4.78 is 5.89. The lowest BCUT2D eigenvalue weighted by Gasteiger charge is -2.19. The molecule has 1 aromatic carbocycles. The molecule has 0 aliphatic rings. The van der Waals surface area contributed by atoms with Gasteiger partial charge in [0.05, 0.1) is 6.42 Å². The molecule has 0 radical (unpaired) electrons. The summed E-state index contributed by atoms with van der Waals surface area (Å²) in [5.74, 6) is -0.00796. The molecule has 1 heterocycles. The molecule has 0 fully saturated rings. The number of benzene rings is 1. The first-order valence-corrected chi connectivity index (χ1v) is 7.93. The summed E-state index contributed by atoms with van der Waals surface area (Å²) in [5.41, 5.74) is 8.22. The molecule has 22 heavy (non-hydrogen) atoms. The van der Waals surface area contributed by atoms with Crippen molar-refractivity contribution < 1.29 is 14.3 Å². The number of nitrogens with two attached hydrogens (primary N) is 1. The lowest BCUT2D eigenvalue weighted by Crippen LogP contribution is -2.29. The quantitative estimate of drug-likeness (QED) is 0.802. The molecule has 0 bridgehead atoms. The molecule has 0 amide bonds. The number of fused-ring (bicyclic) bond motifs is 1. The molecular formula is C18H25NO3. The van der Waals surface area contributed by atoms with Crippen LogP contribution in [-0.2, 0) is 4.79 Å². The molecule has 2 unspecified atom stereocenters. The number of furan rings is 1. The van der Waals surface area contributed by atoms with E-state index in [0.717, 1.165) is 23.8 Å². The lowest BCUT2D eigenvalue weighted by atomic mass is 9.91. The molecule has 0 saturated heterocycles. The zero-order valence-electron chi connectivity index (χ0n) is 13.5. The number of carboxylic acids is 1. The van der Waals surface area contributed by atoms with Crippen LogP contribution in [0.4, 0.5) is 0 Å². The van der Waals surface area contributed by atoms with Gasteiger partial charge >= 0.3 is 5.97 Å². The SMILES string of the molecule is CCCC(N)C(CC(=O)O)c1cc2cc(C(C)C)ccc2o1. The minimum absolute atomic E-state index is 0.00196. The van der Waals surface area contributed by atoms with Crippen LogP contribution < -0.4 is 5.73 Å². The monoisotopic (exact) mass is 303 g/mol. The lowest BCUT2D eigenvalue weighted by molar-refractivity contribution is -0.137. The van der Waals surface area contributed by atoms with E-state index in [9.17, 15) is 4.79 Å². The van der Waals surface area contributed by atoms with Gasteiger partial charge in [-0.2, -0.15) is 0 Å². The molecule has 0 saturated carbocycles. The van der Waals surface area contributed by atoms with Crippen molar-refractivity contribution in [2.24, 2.45) is 5.73 Å². The second kappa shape index (κ2) is 6.97. The fourth-order valence-corrected chi connectivity index (χ4v) is 2.81. The molecule has 3 N–H and O–H groups in total. The predicted molar refractivity (Wildman–Crippen MR) is 88.2 cm³/mol. The highest BCUT2D eigenvalue weighted by Gasteiger charge is 2.25. The number of rotatable bonds is 7. The van der Waals surface area contributed by atoms with E-state index in [1.54, 1.807) is 0 Å². The van der Waals surface area contributed by atoms with Gasteiger partial charge in [0.25, 0.3) is 0 Å². The highest BCUT2D eigenvalue weighted by atomic mass is 16.4. The molecule has 2 rings (SSSR count). The summed E-state index contributed by atoms with van der Waals surface area (Å²) in [5, 5.41) is 10.2. The van der Waals surface area contributed by atoms with E-state index >= 15 is 0 Å². The number of aliphatic carboxylic acids is 1. The minimum Gasteiger partial charge on any atom is -0.481 e. The van der Waals surface area contributed by atoms with E-state index in [2.05, 4.69) is 26.0 Å². The molecule has 4 nitrogen and oxygen atoms in total. The minimum atomic E-state index is -0.847. The summed E-state index contributed by atoms with van der Waals surface area (Å²) in [4.78, 5) is 11.2. The van der Waals surface area contributed by atoms with E-state index in [1.165, 1.54) is 5.56 Å². The molecular weight excluding hydrogens is 278 g/mol. The Kier molecular flexibility index (Phi) is 5.24. The molecule has 120 valence electrons. The summed E-state index contributed by atoms with van der Waals surface area (Å²) in [6, 6.07) is 7.86. The van der Waals surface area contributed by atoms with E-state index in [4.69, 9.17) is 15.3 Å². The fourth-order valence-electron chi connectivity index (χ4n) is 2.81. The first-order chi connectivity index (χ1) is 10.4. The standard InChI is InChI=1S/C18H25NO3/c1-4-5-15(19)14(10-18(20)21)17-9-13-8-12(11(2)3)6-7-16(13)22-17/h6-9,11,14-15H,4-5,10,19H2,1-3H3,(H,20,21). The van der Waals surface area contributed by atoms with Gasteiger partial charge in [-0.3, -0.25) is 4.79 Å². The van der Waals surface area contributed by atoms with Crippen molar-refractivity contribution in [2.75, 3.05) is 0 Å². The third kappa shape index (κ3) is 3.69. The summed E-state index contributed by atoms with van der Waals surface area (Å²) >= 11 is 0. The number of hydrogen-bond acceptors (Lipinski definition) is 3. The number of carbonyl (C=O) groups is 1. The molecule has 4 heteroatoms. The normalized spacial score (nSPS) is 14.4. The Hall–Kier alpha value is -1.81. The van der Waals surface area contributed by atoms with Crippen LogP contribution in [0.5, 0.6) is 0 Å². The average molecular weight is 303 g/mol. The second-order valence-corrected chi connectivity index (χ2v) is 6.26. The largest absolute Gasteiger partial charge is 0.481 e. The van der Waals surface area contributed by atoms with E-state index < -0.39 is 5.97 Å². The molecule has 2 aromatic rings. The van der Waals surface area contributed by atoms with Gasteiger partial charge < -0.3 is 15.3 Å². The van der Waals surface area contributed by atoms with Crippen molar-refractivity contribution in [3.63, 3.8) is 0 Å². The summed E-state index contributed by atoms with van der Waals surface area (Å²) in [7, 11) is 0. The molecule has 1 aromatic heterocycles. The Balaban J connectivity index is 2.38. The van der Waals surface area contributed by atoms with Crippen molar-refractivity contribution in [3.05, 3.63) is 35.6 Å². The predicted octanol–water partition coefficient (Wildman–Crippen LogP) is 4.24. The van der Waals surface area contributed by atoms with E-state index in [1.807, 2.05) is 19.1 Å². The van der Waals surface area contributed by atoms with Crippen LogP contribution in [0.1, 0.15) is 63.2 Å². The van der Waals surface area contributed by atoms with Gasteiger partial charge in [-0.25, -0.2) is 0 Å². The van der Waals surface area contributed by atoms with Crippen LogP contribution in [0.15, 0.2) is 28.7 Å². The van der Waals surface area contributed by atoms with Crippen molar-refractivity contribution in [2.45, 2.75) is 57.9 Å². The van der Waals surface area contributed by atoms with Crippen molar-refractivity contribution in [3.8, 4) is 0 Å². The Morgan fingerprint density at radius 1 is 1.32 bits per heavy atom. The van der Waals surface area contributed by atoms with E-state index in [-0.39, 0.29) is 18.4 Å². The topological polar surface area (TPSA) is 76.5 Å². The highest BCUT2D eigenvalue weighted by molar-refractivity contribution is 5.79. The van der Waals surface area contributed by atoms with Gasteiger partial charge in [-0.05, 0) is 36.1 Å². The van der Waals surface area contributed by atoms with Gasteiger partial charge in [0.1, 0.15) is 11.3 Å². The molecule has 0 spiro atoms. The van der Waals surface area contributed by atoms with Gasteiger partial charge in [0.2, 0.25) is 0 Å². The van der Waals surface area contributed by atoms with Crippen LogP contribution in [0.2, 0.25) is 0 Å². The summed E-state index contributed by atoms with van der Waals surface area (Å²) in [6.45, 7) is 6.34. The van der Waals surface area contributed by atoms with Gasteiger partial charge in [0.15, 0.2) is 0 Å². The first-order valence-electron chi connectivity index (χ1n) is 7.93. The fraction of sp³-hybridized carbons (Fsp3) is 0.500. The zero-order valence-corrected chi connectivity index (χ0v) is 13.5. The maximum Gasteiger partial charge on any atom is 0.304 e. The van der Waals surface area contributed by atoms with Crippen molar-refractivity contribution >= 4 is 16.9 Å². The maximum absolute atomic E-state index is 11.2. The number of hydrogen-bond donors (Lipinski definition) is 2. The zero-order chi connectivity index (χ0) is 16.3. The second-order valence-electron chi connectivity index (χ2n) is 6.26. The van der Waals surface area contributed by atoms with Gasteiger partial charge in [-0.1, -0.05) is 33.3 Å². The number of carboxylic acid groups (broad SMARTS) is 1. The first kappa shape index (κ1) is 16.6. The average Bonchev–Trinajstić information content (AvgIpc) is 2.87. The Labute approximate surface area is 131 Å². The van der Waals surface area contributed by atoms with Crippen molar-refractivity contribution in [1.29, 1.82) is 0 Å². The van der Waals surface area contributed by atoms with Crippen LogP contribution in [0.3, 0.4) is 0 Å². The van der Waals surface area contributed by atoms with Crippen LogP contribution in [0.25, 0.3) is 11.0 Å². The Morgan fingerprint density at radius 3 is 2.64 bits per heavy atom. The Bertz CT molecular complexity index is 645. The third-order valence-corrected chi connectivity index (χ3v) is 4.12. The summed E-state index contributed by atoms with van der Waals surface area (Å²) in [6.07, 6.45) is 1.71. The molecule has 2 atom stereocenters. The Morgan fingerprint density at radius 2 is 2.05 bits per heavy atom. The van der Waals surface area contributed by atoms with Crippen LogP contribution >= 0.6 is 0 Å². The smallest absolute Gasteiger partial charge is 0.304 e. The van der Waals surface area contributed by atoms with Crippen LogP contribution in [0, 0.1) is 0 Å². The third-order valence-electron chi connectivity index (χ3n) is 4.12. The van der Waals surface area contributed by atoms with Crippen LogP contribution in [-0.4, -0.2) is 17.1 Å². The van der Waals surface area contributed by atoms with Gasteiger partial charge in [0, 0.05) is 17.3 Å².